The van der Waals surface area contributed by atoms with E-state index >= 15 is 0 Å². The number of ether oxygens (including phenoxy) is 2. The Bertz CT molecular complexity index is 225. The molecule has 2 aliphatic heterocycles. The summed E-state index contributed by atoms with van der Waals surface area (Å²) in [4.78, 5) is 0. The van der Waals surface area contributed by atoms with Crippen LogP contribution < -0.4 is 0 Å². The van der Waals surface area contributed by atoms with Crippen LogP contribution in [0.4, 0.5) is 0 Å². The van der Waals surface area contributed by atoms with Gasteiger partial charge >= 0.3 is 0 Å². The average Bonchev–Trinajstić information content (AvgIpc) is 2.40. The van der Waals surface area contributed by atoms with Crippen LogP contribution in [0.5, 0.6) is 0 Å². The largest absolute Gasteiger partial charge is 0.381 e. The maximum Gasteiger partial charge on any atom is 0.0578 e. The van der Waals surface area contributed by atoms with Crippen molar-refractivity contribution in [3.8, 4) is 0 Å². The summed E-state index contributed by atoms with van der Waals surface area (Å²) in [5, 5.41) is 0. The molecule has 0 N–H and O–H groups in total. The van der Waals surface area contributed by atoms with Gasteiger partial charge in [-0.1, -0.05) is 20.8 Å². The Morgan fingerprint density at radius 2 is 1.67 bits per heavy atom. The first kappa shape index (κ1) is 14.3. The van der Waals surface area contributed by atoms with E-state index in [1.165, 1.54) is 32.1 Å². The predicted molar refractivity (Wildman–Crippen MR) is 74.6 cm³/mol. The van der Waals surface area contributed by atoms with Crippen LogP contribution in [0.2, 0.25) is 0 Å². The molecule has 0 spiro atoms. The summed E-state index contributed by atoms with van der Waals surface area (Å²) in [6, 6.07) is 0. The van der Waals surface area contributed by atoms with Crippen LogP contribution in [0.3, 0.4) is 0 Å². The van der Waals surface area contributed by atoms with Gasteiger partial charge in [-0.3, -0.25) is 0 Å². The van der Waals surface area contributed by atoms with E-state index in [-0.39, 0.29) is 0 Å². The van der Waals surface area contributed by atoms with Crippen molar-refractivity contribution < 1.29 is 9.47 Å². The molecule has 2 fully saturated rings. The minimum absolute atomic E-state index is 0.526. The van der Waals surface area contributed by atoms with Crippen LogP contribution in [0.1, 0.15) is 52.9 Å². The Morgan fingerprint density at radius 3 is 2.22 bits per heavy atom. The third kappa shape index (κ3) is 3.96. The molecular formula is C16H30O2. The fourth-order valence-corrected chi connectivity index (χ4v) is 3.43. The summed E-state index contributed by atoms with van der Waals surface area (Å²) in [5.41, 5.74) is 0. The van der Waals surface area contributed by atoms with Crippen LogP contribution in [0, 0.1) is 23.7 Å². The Balaban J connectivity index is 1.70. The number of hydrogen-bond donors (Lipinski definition) is 0. The second-order valence-corrected chi connectivity index (χ2v) is 6.70. The van der Waals surface area contributed by atoms with Crippen LogP contribution >= 0.6 is 0 Å². The van der Waals surface area contributed by atoms with Crippen molar-refractivity contribution in [3.05, 3.63) is 0 Å². The number of hydrogen-bond acceptors (Lipinski definition) is 2. The van der Waals surface area contributed by atoms with Gasteiger partial charge in [-0.25, -0.2) is 0 Å². The normalized spacial score (nSPS) is 32.7. The smallest absolute Gasteiger partial charge is 0.0578 e. The first-order valence-electron chi connectivity index (χ1n) is 7.86. The standard InChI is InChI=1S/C16H30O2/c1-12(2)15-4-5-16(18-11-15)10-13(3)14-6-8-17-9-7-14/h12-16H,4-11H2,1-3H3. The molecule has 2 saturated heterocycles. The molecule has 0 aliphatic carbocycles. The summed E-state index contributed by atoms with van der Waals surface area (Å²) < 4.78 is 11.5. The quantitative estimate of drug-likeness (QED) is 0.757. The van der Waals surface area contributed by atoms with Crippen LogP contribution in [-0.2, 0) is 9.47 Å². The van der Waals surface area contributed by atoms with Crippen LogP contribution in [-0.4, -0.2) is 25.9 Å². The summed E-state index contributed by atoms with van der Waals surface area (Å²) in [5.74, 6) is 3.23. The fourth-order valence-electron chi connectivity index (χ4n) is 3.43. The molecular weight excluding hydrogens is 224 g/mol. The van der Waals surface area contributed by atoms with Gasteiger partial charge in [0.2, 0.25) is 0 Å². The molecule has 3 unspecified atom stereocenters. The summed E-state index contributed by atoms with van der Waals surface area (Å²) in [7, 11) is 0. The molecule has 0 aromatic carbocycles. The highest BCUT2D eigenvalue weighted by molar-refractivity contribution is 4.77. The van der Waals surface area contributed by atoms with Gasteiger partial charge in [0.25, 0.3) is 0 Å². The van der Waals surface area contributed by atoms with Crippen molar-refractivity contribution in [2.75, 3.05) is 19.8 Å². The van der Waals surface area contributed by atoms with Crippen molar-refractivity contribution in [1.29, 1.82) is 0 Å². The molecule has 0 amide bonds. The molecule has 2 aliphatic rings. The van der Waals surface area contributed by atoms with Gasteiger partial charge in [-0.2, -0.15) is 0 Å². The van der Waals surface area contributed by atoms with Gasteiger partial charge in [-0.15, -0.1) is 0 Å². The molecule has 0 aromatic heterocycles. The minimum Gasteiger partial charge on any atom is -0.381 e. The van der Waals surface area contributed by atoms with E-state index in [0.717, 1.165) is 43.5 Å². The Morgan fingerprint density at radius 1 is 0.944 bits per heavy atom. The van der Waals surface area contributed by atoms with Crippen molar-refractivity contribution in [2.24, 2.45) is 23.7 Å². The first-order chi connectivity index (χ1) is 8.66. The topological polar surface area (TPSA) is 18.5 Å². The van der Waals surface area contributed by atoms with Crippen molar-refractivity contribution in [3.63, 3.8) is 0 Å². The van der Waals surface area contributed by atoms with E-state index in [9.17, 15) is 0 Å². The van der Waals surface area contributed by atoms with E-state index in [0.29, 0.717) is 6.10 Å². The second-order valence-electron chi connectivity index (χ2n) is 6.70. The molecule has 106 valence electrons. The highest BCUT2D eigenvalue weighted by Gasteiger charge is 2.28. The van der Waals surface area contributed by atoms with Gasteiger partial charge in [-0.05, 0) is 55.8 Å². The lowest BCUT2D eigenvalue weighted by Crippen LogP contribution is -2.32. The van der Waals surface area contributed by atoms with E-state index in [1.54, 1.807) is 0 Å². The SMILES string of the molecule is CC(C)C1CCC(CC(C)C2CCOCC2)OC1. The van der Waals surface area contributed by atoms with Crippen molar-refractivity contribution in [2.45, 2.75) is 59.0 Å². The van der Waals surface area contributed by atoms with E-state index in [1.807, 2.05) is 0 Å². The highest BCUT2D eigenvalue weighted by Crippen LogP contribution is 2.32. The lowest BCUT2D eigenvalue weighted by atomic mass is 9.81. The maximum atomic E-state index is 6.08. The third-order valence-electron chi connectivity index (χ3n) is 5.05. The minimum atomic E-state index is 0.526. The average molecular weight is 254 g/mol. The first-order valence-corrected chi connectivity index (χ1v) is 7.86. The van der Waals surface area contributed by atoms with Gasteiger partial charge < -0.3 is 9.47 Å². The van der Waals surface area contributed by atoms with Gasteiger partial charge in [0.1, 0.15) is 0 Å². The lowest BCUT2D eigenvalue weighted by molar-refractivity contribution is -0.0460. The Hall–Kier alpha value is -0.0800. The predicted octanol–water partition coefficient (Wildman–Crippen LogP) is 3.89. The molecule has 2 heterocycles. The molecule has 2 heteroatoms. The lowest BCUT2D eigenvalue weighted by Gasteiger charge is -2.35. The van der Waals surface area contributed by atoms with Gasteiger partial charge in [0.15, 0.2) is 0 Å². The zero-order valence-electron chi connectivity index (χ0n) is 12.4. The van der Waals surface area contributed by atoms with E-state index < -0.39 is 0 Å². The number of rotatable bonds is 4. The molecule has 2 nitrogen and oxygen atoms in total. The van der Waals surface area contributed by atoms with Gasteiger partial charge in [0, 0.05) is 13.2 Å². The molecule has 0 aromatic rings. The Kier molecular flexibility index (Phi) is 5.50. The van der Waals surface area contributed by atoms with Crippen LogP contribution in [0.15, 0.2) is 0 Å². The zero-order valence-corrected chi connectivity index (χ0v) is 12.4. The van der Waals surface area contributed by atoms with E-state index in [4.69, 9.17) is 9.47 Å². The summed E-state index contributed by atoms with van der Waals surface area (Å²) in [6.45, 7) is 9.97. The van der Waals surface area contributed by atoms with Crippen molar-refractivity contribution >= 4 is 0 Å². The molecule has 18 heavy (non-hydrogen) atoms. The molecule has 0 saturated carbocycles. The second kappa shape index (κ2) is 6.91. The zero-order chi connectivity index (χ0) is 13.0. The molecule has 0 radical (unpaired) electrons. The molecule has 0 bridgehead atoms. The fraction of sp³-hybridized carbons (Fsp3) is 1.00. The molecule has 3 atom stereocenters. The monoisotopic (exact) mass is 254 g/mol. The Labute approximate surface area is 112 Å². The van der Waals surface area contributed by atoms with Crippen LogP contribution in [0.25, 0.3) is 0 Å². The summed E-state index contributed by atoms with van der Waals surface area (Å²) in [6.07, 6.45) is 6.93. The maximum absolute atomic E-state index is 6.08. The molecule has 2 rings (SSSR count). The third-order valence-corrected chi connectivity index (χ3v) is 5.05. The summed E-state index contributed by atoms with van der Waals surface area (Å²) >= 11 is 0. The van der Waals surface area contributed by atoms with Gasteiger partial charge in [0.05, 0.1) is 12.7 Å². The highest BCUT2D eigenvalue weighted by atomic mass is 16.5. The van der Waals surface area contributed by atoms with E-state index in [2.05, 4.69) is 20.8 Å². The van der Waals surface area contributed by atoms with Crippen molar-refractivity contribution in [1.82, 2.24) is 0 Å².